The van der Waals surface area contributed by atoms with Gasteiger partial charge in [0.1, 0.15) is 0 Å². The van der Waals surface area contributed by atoms with Gasteiger partial charge >= 0.3 is 0 Å². The second kappa shape index (κ2) is 7.77. The molecule has 0 atom stereocenters. The maximum atomic E-state index is 12.7. The normalized spacial score (nSPS) is 12.3. The third-order valence-electron chi connectivity index (χ3n) is 3.25. The summed E-state index contributed by atoms with van der Waals surface area (Å²) in [7, 11) is -1.98. The Bertz CT molecular complexity index is 556. The largest absolute Gasteiger partial charge is 0.398 e. The van der Waals surface area contributed by atoms with E-state index in [0.29, 0.717) is 25.4 Å². The Morgan fingerprint density at radius 3 is 2.48 bits per heavy atom. The molecule has 0 radical (unpaired) electrons. The van der Waals surface area contributed by atoms with E-state index in [4.69, 9.17) is 10.5 Å². The van der Waals surface area contributed by atoms with E-state index < -0.39 is 10.0 Å². The Morgan fingerprint density at radius 1 is 1.33 bits per heavy atom. The molecular weight excluding hydrogens is 288 g/mol. The van der Waals surface area contributed by atoms with Gasteiger partial charge in [0.15, 0.2) is 0 Å². The SMILES string of the molecule is CCc1ccc(S(=O)(=O)N(CCOC)CC(C)C)cc1N. The molecule has 1 aromatic rings. The fourth-order valence-corrected chi connectivity index (χ4v) is 3.74. The Morgan fingerprint density at radius 2 is 2.00 bits per heavy atom. The van der Waals surface area contributed by atoms with Crippen molar-refractivity contribution in [2.24, 2.45) is 5.92 Å². The molecule has 0 unspecified atom stereocenters. The minimum absolute atomic E-state index is 0.240. The highest BCUT2D eigenvalue weighted by Gasteiger charge is 2.25. The summed E-state index contributed by atoms with van der Waals surface area (Å²) in [4.78, 5) is 0.244. The first-order valence-corrected chi connectivity index (χ1v) is 8.64. The molecular formula is C15H26N2O3S. The van der Waals surface area contributed by atoms with Gasteiger partial charge in [-0.15, -0.1) is 0 Å². The first-order chi connectivity index (χ1) is 9.82. The molecule has 0 aliphatic heterocycles. The summed E-state index contributed by atoms with van der Waals surface area (Å²) < 4.78 is 32.0. The molecule has 0 amide bonds. The zero-order valence-corrected chi connectivity index (χ0v) is 14.1. The third-order valence-corrected chi connectivity index (χ3v) is 5.11. The predicted octanol–water partition coefficient (Wildman–Crippen LogP) is 2.12. The molecule has 6 heteroatoms. The van der Waals surface area contributed by atoms with Crippen molar-refractivity contribution in [3.05, 3.63) is 23.8 Å². The fraction of sp³-hybridized carbons (Fsp3) is 0.600. The van der Waals surface area contributed by atoms with E-state index in [9.17, 15) is 8.42 Å². The van der Waals surface area contributed by atoms with Crippen LogP contribution in [0, 0.1) is 5.92 Å². The maximum Gasteiger partial charge on any atom is 0.243 e. The molecule has 0 bridgehead atoms. The second-order valence-corrected chi connectivity index (χ2v) is 7.40. The summed E-state index contributed by atoms with van der Waals surface area (Å²) in [6.07, 6.45) is 0.783. The summed E-state index contributed by atoms with van der Waals surface area (Å²) in [5, 5.41) is 0. The van der Waals surface area contributed by atoms with Crippen LogP contribution in [0.2, 0.25) is 0 Å². The number of hydrogen-bond donors (Lipinski definition) is 1. The average molecular weight is 314 g/mol. The van der Waals surface area contributed by atoms with Crippen molar-refractivity contribution in [1.82, 2.24) is 4.31 Å². The van der Waals surface area contributed by atoms with Crippen molar-refractivity contribution in [2.45, 2.75) is 32.1 Å². The van der Waals surface area contributed by atoms with Gasteiger partial charge in [0.25, 0.3) is 0 Å². The van der Waals surface area contributed by atoms with Gasteiger partial charge in [-0.3, -0.25) is 0 Å². The lowest BCUT2D eigenvalue weighted by Crippen LogP contribution is -2.36. The number of nitrogens with zero attached hydrogens (tertiary/aromatic N) is 1. The van der Waals surface area contributed by atoms with Crippen molar-refractivity contribution in [3.63, 3.8) is 0 Å². The molecule has 2 N–H and O–H groups in total. The van der Waals surface area contributed by atoms with E-state index in [1.807, 2.05) is 20.8 Å². The zero-order valence-electron chi connectivity index (χ0n) is 13.3. The van der Waals surface area contributed by atoms with Crippen LogP contribution in [0.15, 0.2) is 23.1 Å². The smallest absolute Gasteiger partial charge is 0.243 e. The van der Waals surface area contributed by atoms with Crippen LogP contribution in [-0.4, -0.2) is 39.5 Å². The number of aryl methyl sites for hydroxylation is 1. The lowest BCUT2D eigenvalue weighted by Gasteiger charge is -2.24. The highest BCUT2D eigenvalue weighted by Crippen LogP contribution is 2.22. The van der Waals surface area contributed by atoms with Gasteiger partial charge in [-0.25, -0.2) is 8.42 Å². The standard InChI is InChI=1S/C15H26N2O3S/c1-5-13-6-7-14(10-15(13)16)21(18,19)17(8-9-20-4)11-12(2)3/h6-7,10,12H,5,8-9,11,16H2,1-4H3. The summed E-state index contributed by atoms with van der Waals surface area (Å²) in [5.41, 5.74) is 7.40. The van der Waals surface area contributed by atoms with Gasteiger partial charge in [-0.05, 0) is 30.0 Å². The van der Waals surface area contributed by atoms with Crippen LogP contribution in [0.5, 0.6) is 0 Å². The van der Waals surface area contributed by atoms with Gasteiger partial charge in [-0.1, -0.05) is 26.8 Å². The number of ether oxygens (including phenoxy) is 1. The number of nitrogen functional groups attached to an aromatic ring is 1. The van der Waals surface area contributed by atoms with Gasteiger partial charge in [0.05, 0.1) is 11.5 Å². The van der Waals surface area contributed by atoms with E-state index >= 15 is 0 Å². The number of anilines is 1. The molecule has 0 aliphatic carbocycles. The molecule has 0 aromatic heterocycles. The van der Waals surface area contributed by atoms with Crippen LogP contribution in [0.3, 0.4) is 0 Å². The number of nitrogens with two attached hydrogens (primary N) is 1. The summed E-state index contributed by atoms with van der Waals surface area (Å²) in [5.74, 6) is 0.240. The first kappa shape index (κ1) is 17.9. The topological polar surface area (TPSA) is 72.6 Å². The Balaban J connectivity index is 3.12. The fourth-order valence-electron chi connectivity index (χ4n) is 2.11. The monoisotopic (exact) mass is 314 g/mol. The Kier molecular flexibility index (Phi) is 6.64. The van der Waals surface area contributed by atoms with Crippen LogP contribution >= 0.6 is 0 Å². The van der Waals surface area contributed by atoms with Crippen molar-refractivity contribution < 1.29 is 13.2 Å². The molecule has 0 spiro atoms. The van der Waals surface area contributed by atoms with Crippen molar-refractivity contribution >= 4 is 15.7 Å². The lowest BCUT2D eigenvalue weighted by molar-refractivity contribution is 0.175. The van der Waals surface area contributed by atoms with Gasteiger partial charge < -0.3 is 10.5 Å². The molecule has 120 valence electrons. The van der Waals surface area contributed by atoms with E-state index in [1.165, 1.54) is 4.31 Å². The minimum Gasteiger partial charge on any atom is -0.398 e. The molecule has 0 saturated heterocycles. The number of methoxy groups -OCH3 is 1. The van der Waals surface area contributed by atoms with Gasteiger partial charge in [-0.2, -0.15) is 4.31 Å². The van der Waals surface area contributed by atoms with Crippen molar-refractivity contribution in [2.75, 3.05) is 32.5 Å². The number of sulfonamides is 1. The summed E-state index contributed by atoms with van der Waals surface area (Å²) in [6.45, 7) is 7.14. The molecule has 5 nitrogen and oxygen atoms in total. The van der Waals surface area contributed by atoms with Gasteiger partial charge in [0.2, 0.25) is 10.0 Å². The summed E-state index contributed by atoms with van der Waals surface area (Å²) >= 11 is 0. The molecule has 0 heterocycles. The molecule has 0 aliphatic rings. The summed E-state index contributed by atoms with van der Waals surface area (Å²) in [6, 6.07) is 4.96. The van der Waals surface area contributed by atoms with Crippen LogP contribution in [0.4, 0.5) is 5.69 Å². The van der Waals surface area contributed by atoms with E-state index in [-0.39, 0.29) is 10.8 Å². The van der Waals surface area contributed by atoms with Crippen molar-refractivity contribution in [3.8, 4) is 0 Å². The lowest BCUT2D eigenvalue weighted by atomic mass is 10.1. The highest BCUT2D eigenvalue weighted by atomic mass is 32.2. The quantitative estimate of drug-likeness (QED) is 0.746. The highest BCUT2D eigenvalue weighted by molar-refractivity contribution is 7.89. The van der Waals surface area contributed by atoms with Crippen LogP contribution < -0.4 is 5.73 Å². The third kappa shape index (κ3) is 4.69. The number of benzene rings is 1. The van der Waals surface area contributed by atoms with E-state index in [1.54, 1.807) is 25.3 Å². The minimum atomic E-state index is -3.54. The van der Waals surface area contributed by atoms with Crippen LogP contribution in [0.25, 0.3) is 0 Å². The van der Waals surface area contributed by atoms with E-state index in [0.717, 1.165) is 12.0 Å². The predicted molar refractivity (Wildman–Crippen MR) is 85.7 cm³/mol. The van der Waals surface area contributed by atoms with Crippen LogP contribution in [0.1, 0.15) is 26.3 Å². The van der Waals surface area contributed by atoms with Crippen LogP contribution in [-0.2, 0) is 21.2 Å². The number of rotatable bonds is 8. The average Bonchev–Trinajstić information content (AvgIpc) is 2.42. The molecule has 1 rings (SSSR count). The molecule has 0 saturated carbocycles. The molecule has 21 heavy (non-hydrogen) atoms. The maximum absolute atomic E-state index is 12.7. The molecule has 1 aromatic carbocycles. The Hall–Kier alpha value is -1.11. The Labute approximate surface area is 128 Å². The second-order valence-electron chi connectivity index (χ2n) is 5.46. The van der Waals surface area contributed by atoms with E-state index in [2.05, 4.69) is 0 Å². The zero-order chi connectivity index (χ0) is 16.0. The number of hydrogen-bond acceptors (Lipinski definition) is 4. The molecule has 0 fully saturated rings. The first-order valence-electron chi connectivity index (χ1n) is 7.20. The van der Waals surface area contributed by atoms with Gasteiger partial charge in [0, 0.05) is 25.9 Å². The van der Waals surface area contributed by atoms with Crippen molar-refractivity contribution in [1.29, 1.82) is 0 Å².